The van der Waals surface area contributed by atoms with E-state index in [0.717, 1.165) is 18.9 Å². The second kappa shape index (κ2) is 5.28. The Bertz CT molecular complexity index is 267. The summed E-state index contributed by atoms with van der Waals surface area (Å²) in [5.74, 6) is -0.328. The van der Waals surface area contributed by atoms with E-state index in [1.807, 2.05) is 0 Å². The molecule has 0 aromatic rings. The average Bonchev–Trinajstić information content (AvgIpc) is 2.19. The van der Waals surface area contributed by atoms with Crippen molar-refractivity contribution in [1.29, 1.82) is 0 Å². The van der Waals surface area contributed by atoms with Crippen molar-refractivity contribution in [1.82, 2.24) is 0 Å². The van der Waals surface area contributed by atoms with E-state index in [4.69, 9.17) is 8.85 Å². The fourth-order valence-electron chi connectivity index (χ4n) is 1.59. The van der Waals surface area contributed by atoms with Gasteiger partial charge in [0.15, 0.2) is 0 Å². The predicted octanol–water partition coefficient (Wildman–Crippen LogP) is 2.54. The summed E-state index contributed by atoms with van der Waals surface area (Å²) in [7, 11) is -2.34. The van der Waals surface area contributed by atoms with Crippen LogP contribution in [0.15, 0.2) is 24.8 Å². The van der Waals surface area contributed by atoms with Crippen molar-refractivity contribution in [3.05, 3.63) is 24.8 Å². The highest BCUT2D eigenvalue weighted by Crippen LogP contribution is 2.27. The van der Waals surface area contributed by atoms with Crippen LogP contribution in [-0.2, 0) is 13.6 Å². The van der Waals surface area contributed by atoms with E-state index in [9.17, 15) is 4.79 Å². The zero-order chi connectivity index (χ0) is 11.3. The zero-order valence-corrected chi connectivity index (χ0v) is 10.3. The number of carbonyl (C=O) groups excluding carboxylic acids is 1. The van der Waals surface area contributed by atoms with Crippen LogP contribution in [0.4, 0.5) is 0 Å². The summed E-state index contributed by atoms with van der Waals surface area (Å²) < 4.78 is 11.2. The molecule has 0 radical (unpaired) electrons. The second-order valence-corrected chi connectivity index (χ2v) is 7.10. The number of rotatable bonds is 4. The highest BCUT2D eigenvalue weighted by molar-refractivity contribution is 6.69. The molecule has 1 heterocycles. The molecule has 1 unspecified atom stereocenters. The third kappa shape index (κ3) is 3.32. The minimum atomic E-state index is -2.34. The maximum atomic E-state index is 11.5. The van der Waals surface area contributed by atoms with Gasteiger partial charge in [-0.05, 0) is 19.8 Å². The molecule has 1 aliphatic heterocycles. The minimum absolute atomic E-state index is 0.328. The smallest absolute Gasteiger partial charge is 0.405 e. The Balaban J connectivity index is 2.67. The summed E-state index contributed by atoms with van der Waals surface area (Å²) in [6.45, 7) is 9.62. The summed E-state index contributed by atoms with van der Waals surface area (Å²) in [6.07, 6.45) is 3.91. The van der Waals surface area contributed by atoms with E-state index in [1.165, 1.54) is 0 Å². The van der Waals surface area contributed by atoms with Gasteiger partial charge in [-0.2, -0.15) is 0 Å². The van der Waals surface area contributed by atoms with Crippen molar-refractivity contribution in [3.63, 3.8) is 0 Å². The van der Waals surface area contributed by atoms with E-state index >= 15 is 0 Å². The summed E-state index contributed by atoms with van der Waals surface area (Å²) in [6, 6.07) is 1.55. The molecule has 0 N–H and O–H groups in total. The summed E-state index contributed by atoms with van der Waals surface area (Å²) in [4.78, 5) is 11.5. The molecule has 1 fully saturated rings. The van der Waals surface area contributed by atoms with Gasteiger partial charge in [-0.1, -0.05) is 12.7 Å². The standard InChI is InChI=1S/C11H18O3Si/c1-4-8-15(9-6-5-7-13-15)14-11(12)10(2)3/h4H,1-2,5-9H2,3H3. The summed E-state index contributed by atoms with van der Waals surface area (Å²) >= 11 is 0. The molecule has 4 heteroatoms. The number of allylic oxidation sites excluding steroid dienone is 1. The minimum Gasteiger partial charge on any atom is -0.490 e. The summed E-state index contributed by atoms with van der Waals surface area (Å²) in [5.41, 5.74) is 0.431. The van der Waals surface area contributed by atoms with Gasteiger partial charge in [-0.15, -0.1) is 6.58 Å². The van der Waals surface area contributed by atoms with Crippen LogP contribution in [0, 0.1) is 0 Å². The highest BCUT2D eigenvalue weighted by Gasteiger charge is 2.41. The molecule has 84 valence electrons. The maximum absolute atomic E-state index is 11.5. The Morgan fingerprint density at radius 3 is 2.80 bits per heavy atom. The molecular weight excluding hydrogens is 208 g/mol. The molecule has 0 amide bonds. The van der Waals surface area contributed by atoms with Crippen molar-refractivity contribution in [2.45, 2.75) is 31.9 Å². The molecular formula is C11H18O3Si. The highest BCUT2D eigenvalue weighted by atomic mass is 28.4. The van der Waals surface area contributed by atoms with E-state index < -0.39 is 8.56 Å². The van der Waals surface area contributed by atoms with E-state index in [1.54, 1.807) is 13.0 Å². The maximum Gasteiger partial charge on any atom is 0.405 e. The summed E-state index contributed by atoms with van der Waals surface area (Å²) in [5, 5.41) is 0. The van der Waals surface area contributed by atoms with Crippen LogP contribution in [0.3, 0.4) is 0 Å². The van der Waals surface area contributed by atoms with E-state index in [-0.39, 0.29) is 5.97 Å². The molecule has 1 atom stereocenters. The molecule has 0 aromatic carbocycles. The van der Waals surface area contributed by atoms with Gasteiger partial charge in [0.05, 0.1) is 0 Å². The average molecular weight is 226 g/mol. The van der Waals surface area contributed by atoms with Gasteiger partial charge < -0.3 is 8.85 Å². The Labute approximate surface area is 92.0 Å². The molecule has 0 saturated carbocycles. The monoisotopic (exact) mass is 226 g/mol. The van der Waals surface area contributed by atoms with Crippen molar-refractivity contribution in [2.24, 2.45) is 0 Å². The van der Waals surface area contributed by atoms with Crippen molar-refractivity contribution < 1.29 is 13.6 Å². The van der Waals surface area contributed by atoms with E-state index in [2.05, 4.69) is 13.2 Å². The van der Waals surface area contributed by atoms with Gasteiger partial charge in [-0.25, -0.2) is 4.79 Å². The molecule has 1 rings (SSSR count). The Kier molecular flexibility index (Phi) is 4.29. The Morgan fingerprint density at radius 1 is 1.60 bits per heavy atom. The first-order valence-electron chi connectivity index (χ1n) is 5.23. The fraction of sp³-hybridized carbons (Fsp3) is 0.545. The van der Waals surface area contributed by atoms with Crippen LogP contribution in [0.25, 0.3) is 0 Å². The second-order valence-electron chi connectivity index (χ2n) is 3.88. The fourth-order valence-corrected chi connectivity index (χ4v) is 4.55. The van der Waals surface area contributed by atoms with Gasteiger partial charge >= 0.3 is 14.5 Å². The van der Waals surface area contributed by atoms with Gasteiger partial charge in [-0.3, -0.25) is 0 Å². The van der Waals surface area contributed by atoms with Crippen LogP contribution in [0.1, 0.15) is 19.8 Å². The SMILES string of the molecule is C=CC[Si]1(OC(=O)C(=C)C)CCCCO1. The normalized spacial score (nSPS) is 25.7. The molecule has 1 aliphatic rings. The third-order valence-electron chi connectivity index (χ3n) is 2.40. The van der Waals surface area contributed by atoms with Crippen molar-refractivity contribution in [2.75, 3.05) is 6.61 Å². The van der Waals surface area contributed by atoms with Gasteiger partial charge in [0.2, 0.25) is 0 Å². The van der Waals surface area contributed by atoms with Crippen LogP contribution in [0.2, 0.25) is 12.1 Å². The lowest BCUT2D eigenvalue weighted by Crippen LogP contribution is -2.46. The predicted molar refractivity (Wildman–Crippen MR) is 61.7 cm³/mol. The molecule has 0 bridgehead atoms. The van der Waals surface area contributed by atoms with Gasteiger partial charge in [0.25, 0.3) is 0 Å². The largest absolute Gasteiger partial charge is 0.490 e. The molecule has 15 heavy (non-hydrogen) atoms. The van der Waals surface area contributed by atoms with Crippen LogP contribution in [0.5, 0.6) is 0 Å². The Morgan fingerprint density at radius 2 is 2.33 bits per heavy atom. The molecule has 1 saturated heterocycles. The van der Waals surface area contributed by atoms with Crippen LogP contribution in [-0.4, -0.2) is 21.1 Å². The van der Waals surface area contributed by atoms with Crippen molar-refractivity contribution in [3.8, 4) is 0 Å². The van der Waals surface area contributed by atoms with Gasteiger partial charge in [0, 0.05) is 24.3 Å². The number of hydrogen-bond donors (Lipinski definition) is 0. The number of carbonyl (C=O) groups is 1. The zero-order valence-electron chi connectivity index (χ0n) is 9.25. The first-order chi connectivity index (χ1) is 7.09. The first-order valence-corrected chi connectivity index (χ1v) is 7.46. The lowest BCUT2D eigenvalue weighted by Gasteiger charge is -2.32. The Hall–Kier alpha value is -0.873. The molecule has 0 spiro atoms. The van der Waals surface area contributed by atoms with Crippen LogP contribution < -0.4 is 0 Å². The molecule has 3 nitrogen and oxygen atoms in total. The lowest BCUT2D eigenvalue weighted by atomic mass is 10.4. The third-order valence-corrected chi connectivity index (χ3v) is 5.71. The molecule has 0 aliphatic carbocycles. The van der Waals surface area contributed by atoms with Crippen LogP contribution >= 0.6 is 0 Å². The lowest BCUT2D eigenvalue weighted by molar-refractivity contribution is -0.132. The van der Waals surface area contributed by atoms with E-state index in [0.29, 0.717) is 18.2 Å². The number of hydrogen-bond acceptors (Lipinski definition) is 3. The van der Waals surface area contributed by atoms with Crippen molar-refractivity contribution >= 4 is 14.5 Å². The first kappa shape index (κ1) is 12.2. The topological polar surface area (TPSA) is 35.5 Å². The molecule has 0 aromatic heterocycles. The quantitative estimate of drug-likeness (QED) is 0.420. The van der Waals surface area contributed by atoms with Gasteiger partial charge in [0.1, 0.15) is 0 Å².